The number of phosphoric ester groups is 1. The maximum absolute atomic E-state index is 11.5. The first-order chi connectivity index (χ1) is 16.2. The summed E-state index contributed by atoms with van der Waals surface area (Å²) >= 11 is 0. The SMILES string of the molecule is Cc1c(C)c2c(c(C)c1OP(=O)(O)O)CC[C@@](C)(CCC[C@H](C)CCC[C@@H](C)CCCC(C)C)O2. The number of rotatable bonds is 14. The second-order valence-electron chi connectivity index (χ2n) is 12.0. The minimum absolute atomic E-state index is 0.201. The van der Waals surface area contributed by atoms with E-state index in [-0.39, 0.29) is 5.60 Å². The summed E-state index contributed by atoms with van der Waals surface area (Å²) in [4.78, 5) is 18.7. The summed E-state index contributed by atoms with van der Waals surface area (Å²) in [7, 11) is -4.61. The summed E-state index contributed by atoms with van der Waals surface area (Å²) in [6.07, 6.45) is 13.3. The third-order valence-corrected chi connectivity index (χ3v) is 8.47. The van der Waals surface area contributed by atoms with Gasteiger partial charge >= 0.3 is 7.82 Å². The number of fused-ring (bicyclic) bond motifs is 1. The zero-order valence-corrected chi connectivity index (χ0v) is 24.5. The van der Waals surface area contributed by atoms with E-state index in [0.29, 0.717) is 5.75 Å². The zero-order chi connectivity index (χ0) is 26.4. The molecule has 0 aliphatic carbocycles. The Balaban J connectivity index is 1.85. The lowest BCUT2D eigenvalue weighted by Gasteiger charge is -2.38. The first kappa shape index (κ1) is 30.2. The Morgan fingerprint density at radius 2 is 1.43 bits per heavy atom. The number of ether oxygens (including phenoxy) is 1. The molecule has 3 atom stereocenters. The molecule has 1 heterocycles. The van der Waals surface area contributed by atoms with Gasteiger partial charge in [-0.15, -0.1) is 0 Å². The van der Waals surface area contributed by atoms with Crippen LogP contribution < -0.4 is 9.26 Å². The highest BCUT2D eigenvalue weighted by molar-refractivity contribution is 7.46. The highest BCUT2D eigenvalue weighted by Crippen LogP contribution is 2.48. The molecule has 0 saturated heterocycles. The van der Waals surface area contributed by atoms with Crippen LogP contribution in [-0.4, -0.2) is 15.4 Å². The highest BCUT2D eigenvalue weighted by Gasteiger charge is 2.35. The average molecular weight is 511 g/mol. The molecule has 1 aliphatic rings. The molecule has 0 amide bonds. The number of hydrogen-bond donors (Lipinski definition) is 2. The predicted molar refractivity (Wildman–Crippen MR) is 145 cm³/mol. The van der Waals surface area contributed by atoms with Gasteiger partial charge in [0, 0.05) is 5.56 Å². The molecule has 0 spiro atoms. The van der Waals surface area contributed by atoms with Gasteiger partial charge in [0.1, 0.15) is 17.1 Å². The van der Waals surface area contributed by atoms with E-state index in [4.69, 9.17) is 9.26 Å². The first-order valence-corrected chi connectivity index (χ1v) is 15.3. The van der Waals surface area contributed by atoms with Crippen LogP contribution in [0.1, 0.15) is 121 Å². The van der Waals surface area contributed by atoms with E-state index >= 15 is 0 Å². The molecule has 2 N–H and O–H groups in total. The molecule has 5 nitrogen and oxygen atoms in total. The van der Waals surface area contributed by atoms with Gasteiger partial charge < -0.3 is 9.26 Å². The molecular weight excluding hydrogens is 459 g/mol. The molecule has 0 unspecified atom stereocenters. The van der Waals surface area contributed by atoms with Crippen molar-refractivity contribution in [1.82, 2.24) is 0 Å². The molecule has 0 radical (unpaired) electrons. The van der Waals surface area contributed by atoms with Gasteiger partial charge in [0.15, 0.2) is 0 Å². The van der Waals surface area contributed by atoms with Crippen LogP contribution in [0.25, 0.3) is 0 Å². The van der Waals surface area contributed by atoms with Crippen molar-refractivity contribution in [1.29, 1.82) is 0 Å². The minimum atomic E-state index is -4.61. The Kier molecular flexibility index (Phi) is 11.2. The van der Waals surface area contributed by atoms with Crippen LogP contribution in [0.4, 0.5) is 0 Å². The van der Waals surface area contributed by atoms with Crippen molar-refractivity contribution in [2.75, 3.05) is 0 Å². The van der Waals surface area contributed by atoms with Crippen LogP contribution in [0, 0.1) is 38.5 Å². The van der Waals surface area contributed by atoms with Crippen molar-refractivity contribution in [2.24, 2.45) is 17.8 Å². The van der Waals surface area contributed by atoms with Gasteiger partial charge in [-0.25, -0.2) is 4.57 Å². The molecule has 35 heavy (non-hydrogen) atoms. The van der Waals surface area contributed by atoms with Gasteiger partial charge in [-0.1, -0.05) is 72.6 Å². The Morgan fingerprint density at radius 1 is 0.886 bits per heavy atom. The smallest absolute Gasteiger partial charge is 0.487 e. The largest absolute Gasteiger partial charge is 0.524 e. The van der Waals surface area contributed by atoms with Crippen molar-refractivity contribution in [3.05, 3.63) is 22.3 Å². The molecule has 0 aromatic heterocycles. The maximum atomic E-state index is 11.5. The number of hydrogen-bond acceptors (Lipinski definition) is 3. The fourth-order valence-electron chi connectivity index (χ4n) is 5.52. The zero-order valence-electron chi connectivity index (χ0n) is 23.6. The molecule has 6 heteroatoms. The van der Waals surface area contributed by atoms with E-state index in [1.165, 1.54) is 44.9 Å². The summed E-state index contributed by atoms with van der Waals surface area (Å²) in [5, 5.41) is 0. The summed E-state index contributed by atoms with van der Waals surface area (Å²) in [6.45, 7) is 17.3. The lowest BCUT2D eigenvalue weighted by molar-refractivity contribution is 0.0512. The topological polar surface area (TPSA) is 76.0 Å². The van der Waals surface area contributed by atoms with Crippen molar-refractivity contribution < 1.29 is 23.6 Å². The molecule has 1 aliphatic heterocycles. The Bertz CT molecular complexity index is 875. The summed E-state index contributed by atoms with van der Waals surface area (Å²) in [5.41, 5.74) is 3.24. The minimum Gasteiger partial charge on any atom is -0.487 e. The fourth-order valence-corrected chi connectivity index (χ4v) is 6.03. The van der Waals surface area contributed by atoms with Crippen LogP contribution in [0.5, 0.6) is 11.5 Å². The van der Waals surface area contributed by atoms with E-state index in [1.807, 2.05) is 20.8 Å². The lowest BCUT2D eigenvalue weighted by atomic mass is 9.84. The predicted octanol–water partition coefficient (Wildman–Crippen LogP) is 8.61. The molecular formula is C29H51O5P. The van der Waals surface area contributed by atoms with Crippen molar-refractivity contribution in [2.45, 2.75) is 132 Å². The Hall–Kier alpha value is -1.03. The van der Waals surface area contributed by atoms with Crippen molar-refractivity contribution in [3.8, 4) is 11.5 Å². The molecule has 1 aromatic carbocycles. The van der Waals surface area contributed by atoms with Gasteiger partial charge in [0.05, 0.1) is 0 Å². The molecule has 0 bridgehead atoms. The van der Waals surface area contributed by atoms with Crippen LogP contribution in [-0.2, 0) is 11.0 Å². The molecule has 0 saturated carbocycles. The number of phosphoric acid groups is 1. The van der Waals surface area contributed by atoms with Crippen molar-refractivity contribution >= 4 is 7.82 Å². The van der Waals surface area contributed by atoms with Crippen LogP contribution in [0.15, 0.2) is 0 Å². The number of benzene rings is 1. The first-order valence-electron chi connectivity index (χ1n) is 13.8. The second kappa shape index (κ2) is 13.0. The standard InChI is InChI=1S/C29H51O5P/c1-20(2)12-9-13-21(3)14-10-15-22(4)16-11-18-29(8)19-17-26-25(7)27(34-35(30,31)32)23(5)24(6)28(26)33-29/h20-22H,9-19H2,1-8H3,(H2,30,31,32)/t21-,22+,29+/m0/s1. The third kappa shape index (κ3) is 9.41. The Labute approximate surface area is 214 Å². The van der Waals surface area contributed by atoms with Crippen molar-refractivity contribution in [3.63, 3.8) is 0 Å². The fraction of sp³-hybridized carbons (Fsp3) is 0.793. The maximum Gasteiger partial charge on any atom is 0.524 e. The van der Waals surface area contributed by atoms with E-state index in [1.54, 1.807) is 0 Å². The molecule has 0 fully saturated rings. The van der Waals surface area contributed by atoms with Gasteiger partial charge in [-0.3, -0.25) is 9.79 Å². The van der Waals surface area contributed by atoms with Crippen LogP contribution >= 0.6 is 7.82 Å². The molecule has 202 valence electrons. The molecule has 1 aromatic rings. The monoisotopic (exact) mass is 510 g/mol. The highest BCUT2D eigenvalue weighted by atomic mass is 31.2. The van der Waals surface area contributed by atoms with Crippen LogP contribution in [0.2, 0.25) is 0 Å². The normalized spacial score (nSPS) is 19.9. The van der Waals surface area contributed by atoms with E-state index < -0.39 is 7.82 Å². The summed E-state index contributed by atoms with van der Waals surface area (Å²) in [5.74, 6) is 3.59. The van der Waals surface area contributed by atoms with Crippen LogP contribution in [0.3, 0.4) is 0 Å². The van der Waals surface area contributed by atoms with E-state index in [9.17, 15) is 14.4 Å². The summed E-state index contributed by atoms with van der Waals surface area (Å²) in [6, 6.07) is 0. The van der Waals surface area contributed by atoms with Gasteiger partial charge in [0.2, 0.25) is 0 Å². The van der Waals surface area contributed by atoms with E-state index in [2.05, 4.69) is 34.6 Å². The Morgan fingerprint density at radius 3 is 1.97 bits per heavy atom. The van der Waals surface area contributed by atoms with E-state index in [0.717, 1.165) is 71.4 Å². The average Bonchev–Trinajstić information content (AvgIpc) is 2.74. The van der Waals surface area contributed by atoms with Gasteiger partial charge in [-0.05, 0) is 87.8 Å². The van der Waals surface area contributed by atoms with Gasteiger partial charge in [-0.2, -0.15) is 0 Å². The summed E-state index contributed by atoms with van der Waals surface area (Å²) < 4.78 is 23.1. The second-order valence-corrected chi connectivity index (χ2v) is 13.2. The third-order valence-electron chi connectivity index (χ3n) is 8.05. The quantitative estimate of drug-likeness (QED) is 0.245. The lowest BCUT2D eigenvalue weighted by Crippen LogP contribution is -2.37. The van der Waals surface area contributed by atoms with Gasteiger partial charge in [0.25, 0.3) is 0 Å². The molecule has 2 rings (SSSR count).